The average Bonchev–Trinajstić information content (AvgIpc) is 2.56. The first-order valence-corrected chi connectivity index (χ1v) is 7.43. The van der Waals surface area contributed by atoms with Gasteiger partial charge in [0.25, 0.3) is 0 Å². The van der Waals surface area contributed by atoms with Crippen molar-refractivity contribution in [1.29, 1.82) is 0 Å². The lowest BCUT2D eigenvalue weighted by Gasteiger charge is -2.31. The van der Waals surface area contributed by atoms with E-state index in [1.54, 1.807) is 31.0 Å². The second-order valence-electron chi connectivity index (χ2n) is 5.24. The van der Waals surface area contributed by atoms with Crippen LogP contribution in [0.15, 0.2) is 31.0 Å². The molecule has 1 fully saturated rings. The maximum Gasteiger partial charge on any atom is 0.153 e. The summed E-state index contributed by atoms with van der Waals surface area (Å²) in [6.07, 6.45) is 10.9. The van der Waals surface area contributed by atoms with Crippen LogP contribution in [0.4, 0.5) is 11.6 Å². The zero-order valence-corrected chi connectivity index (χ0v) is 12.2. The van der Waals surface area contributed by atoms with Crippen molar-refractivity contribution in [2.75, 3.05) is 25.0 Å². The quantitative estimate of drug-likeness (QED) is 0.928. The van der Waals surface area contributed by atoms with Crippen LogP contribution < -0.4 is 5.32 Å². The van der Waals surface area contributed by atoms with Crippen LogP contribution in [-0.2, 0) is 0 Å². The van der Waals surface area contributed by atoms with Crippen molar-refractivity contribution in [2.45, 2.75) is 25.7 Å². The zero-order chi connectivity index (χ0) is 14.5. The van der Waals surface area contributed by atoms with Crippen LogP contribution in [0, 0.1) is 0 Å². The minimum absolute atomic E-state index is 0.423. The number of rotatable bonds is 4. The fourth-order valence-corrected chi connectivity index (χ4v) is 2.79. The first-order chi connectivity index (χ1) is 10.4. The molecule has 1 N–H and O–H groups in total. The Morgan fingerprint density at radius 2 is 2.05 bits per heavy atom. The van der Waals surface area contributed by atoms with E-state index in [-0.39, 0.29) is 0 Å². The maximum atomic E-state index is 4.57. The summed E-state index contributed by atoms with van der Waals surface area (Å²) in [5, 5.41) is 3.24. The molecule has 0 bridgehead atoms. The number of nitrogens with zero attached hydrogens (tertiary/aromatic N) is 5. The molecule has 0 spiro atoms. The smallest absolute Gasteiger partial charge is 0.153 e. The summed E-state index contributed by atoms with van der Waals surface area (Å²) in [6, 6.07) is 0. The van der Waals surface area contributed by atoms with Gasteiger partial charge in [-0.2, -0.15) is 0 Å². The fourth-order valence-electron chi connectivity index (χ4n) is 2.79. The molecule has 0 aromatic carbocycles. The molecule has 0 saturated carbocycles. The molecular weight excluding hydrogens is 264 g/mol. The molecule has 6 heteroatoms. The predicted molar refractivity (Wildman–Crippen MR) is 81.4 cm³/mol. The third-order valence-electron chi connectivity index (χ3n) is 3.88. The summed E-state index contributed by atoms with van der Waals surface area (Å²) in [6.45, 7) is 5.52. The van der Waals surface area contributed by atoms with Gasteiger partial charge < -0.3 is 10.2 Å². The molecule has 21 heavy (non-hydrogen) atoms. The van der Waals surface area contributed by atoms with Gasteiger partial charge in [-0.25, -0.2) is 9.97 Å². The Balaban J connectivity index is 1.82. The van der Waals surface area contributed by atoms with Crippen LogP contribution in [0.3, 0.4) is 0 Å². The molecule has 1 unspecified atom stereocenters. The Labute approximate surface area is 124 Å². The highest BCUT2D eigenvalue weighted by Crippen LogP contribution is 2.29. The minimum Gasteiger partial charge on any atom is -0.322 e. The number of hydrogen-bond acceptors (Lipinski definition) is 6. The summed E-state index contributed by atoms with van der Waals surface area (Å²) >= 11 is 0. The third kappa shape index (κ3) is 3.33. The molecule has 1 saturated heterocycles. The van der Waals surface area contributed by atoms with Gasteiger partial charge in [0, 0.05) is 37.3 Å². The standard InChI is InChI=1S/C15H20N6/c1-2-21-9-3-4-12(11-21)14-15(19-8-7-18-14)20-13-10-16-5-6-17-13/h5-8,10,12H,2-4,9,11H2,1H3,(H,17,19,20). The highest BCUT2D eigenvalue weighted by atomic mass is 15.1. The van der Waals surface area contributed by atoms with E-state index in [0.29, 0.717) is 11.7 Å². The van der Waals surface area contributed by atoms with E-state index in [2.05, 4.69) is 37.1 Å². The highest BCUT2D eigenvalue weighted by Gasteiger charge is 2.24. The zero-order valence-electron chi connectivity index (χ0n) is 12.2. The summed E-state index contributed by atoms with van der Waals surface area (Å²) in [7, 11) is 0. The molecule has 2 aromatic rings. The van der Waals surface area contributed by atoms with Gasteiger partial charge in [-0.15, -0.1) is 0 Å². The van der Waals surface area contributed by atoms with Crippen LogP contribution in [-0.4, -0.2) is 44.5 Å². The first kappa shape index (κ1) is 13.9. The number of nitrogens with one attached hydrogen (secondary N) is 1. The topological polar surface area (TPSA) is 66.8 Å². The van der Waals surface area contributed by atoms with Crippen LogP contribution in [0.1, 0.15) is 31.4 Å². The van der Waals surface area contributed by atoms with Crippen LogP contribution in [0.2, 0.25) is 0 Å². The van der Waals surface area contributed by atoms with Gasteiger partial charge in [-0.1, -0.05) is 6.92 Å². The molecule has 2 aromatic heterocycles. The molecule has 0 radical (unpaired) electrons. The lowest BCUT2D eigenvalue weighted by Crippen LogP contribution is -2.34. The van der Waals surface area contributed by atoms with Gasteiger partial charge in [0.1, 0.15) is 5.82 Å². The number of likely N-dealkylation sites (N-methyl/N-ethyl adjacent to an activating group) is 1. The van der Waals surface area contributed by atoms with E-state index in [9.17, 15) is 0 Å². The molecule has 0 aliphatic carbocycles. The summed E-state index contributed by atoms with van der Waals surface area (Å²) in [5.74, 6) is 1.91. The van der Waals surface area contributed by atoms with Crippen molar-refractivity contribution in [2.24, 2.45) is 0 Å². The normalized spacial score (nSPS) is 19.4. The van der Waals surface area contributed by atoms with Crippen molar-refractivity contribution in [3.05, 3.63) is 36.7 Å². The van der Waals surface area contributed by atoms with E-state index in [1.807, 2.05) is 0 Å². The molecule has 0 amide bonds. The molecule has 6 nitrogen and oxygen atoms in total. The summed E-state index contributed by atoms with van der Waals surface area (Å²) < 4.78 is 0. The van der Waals surface area contributed by atoms with Crippen molar-refractivity contribution in [3.8, 4) is 0 Å². The Morgan fingerprint density at radius 3 is 2.86 bits per heavy atom. The average molecular weight is 284 g/mol. The van der Waals surface area contributed by atoms with Crippen molar-refractivity contribution < 1.29 is 0 Å². The molecule has 110 valence electrons. The third-order valence-corrected chi connectivity index (χ3v) is 3.88. The molecule has 3 rings (SSSR count). The van der Waals surface area contributed by atoms with Crippen LogP contribution >= 0.6 is 0 Å². The first-order valence-electron chi connectivity index (χ1n) is 7.43. The van der Waals surface area contributed by atoms with Crippen molar-refractivity contribution in [1.82, 2.24) is 24.8 Å². The molecule has 1 aliphatic rings. The number of aromatic nitrogens is 4. The van der Waals surface area contributed by atoms with Gasteiger partial charge in [-0.05, 0) is 25.9 Å². The Hall–Kier alpha value is -2.08. The number of hydrogen-bond donors (Lipinski definition) is 1. The number of anilines is 2. The van der Waals surface area contributed by atoms with Gasteiger partial charge in [0.15, 0.2) is 5.82 Å². The molecule has 3 heterocycles. The SMILES string of the molecule is CCN1CCCC(c2nccnc2Nc2cnccn2)C1. The van der Waals surface area contributed by atoms with Gasteiger partial charge >= 0.3 is 0 Å². The summed E-state index contributed by atoms with van der Waals surface area (Å²) in [5.41, 5.74) is 1.03. The van der Waals surface area contributed by atoms with E-state index in [4.69, 9.17) is 0 Å². The predicted octanol–water partition coefficient (Wildman–Crippen LogP) is 2.21. The number of piperidine rings is 1. The Kier molecular flexibility index (Phi) is 4.35. The second kappa shape index (κ2) is 6.58. The van der Waals surface area contributed by atoms with E-state index in [1.165, 1.54) is 13.0 Å². The second-order valence-corrected chi connectivity index (χ2v) is 5.24. The minimum atomic E-state index is 0.423. The van der Waals surface area contributed by atoms with Crippen LogP contribution in [0.5, 0.6) is 0 Å². The fraction of sp³-hybridized carbons (Fsp3) is 0.467. The number of likely N-dealkylation sites (tertiary alicyclic amines) is 1. The summed E-state index contributed by atoms with van der Waals surface area (Å²) in [4.78, 5) is 19.8. The van der Waals surface area contributed by atoms with Gasteiger partial charge in [-0.3, -0.25) is 9.97 Å². The lowest BCUT2D eigenvalue weighted by molar-refractivity contribution is 0.216. The highest BCUT2D eigenvalue weighted by molar-refractivity contribution is 5.53. The van der Waals surface area contributed by atoms with E-state index in [0.717, 1.165) is 31.0 Å². The maximum absolute atomic E-state index is 4.57. The Bertz CT molecular complexity index is 573. The molecule has 1 aliphatic heterocycles. The largest absolute Gasteiger partial charge is 0.322 e. The Morgan fingerprint density at radius 1 is 1.19 bits per heavy atom. The molecule has 1 atom stereocenters. The van der Waals surface area contributed by atoms with E-state index < -0.39 is 0 Å². The lowest BCUT2D eigenvalue weighted by atomic mass is 9.94. The van der Waals surface area contributed by atoms with E-state index >= 15 is 0 Å². The van der Waals surface area contributed by atoms with Gasteiger partial charge in [0.2, 0.25) is 0 Å². The molecular formula is C15H20N6. The van der Waals surface area contributed by atoms with Crippen LogP contribution in [0.25, 0.3) is 0 Å². The van der Waals surface area contributed by atoms with Crippen molar-refractivity contribution in [3.63, 3.8) is 0 Å². The van der Waals surface area contributed by atoms with Gasteiger partial charge in [0.05, 0.1) is 11.9 Å². The monoisotopic (exact) mass is 284 g/mol. The van der Waals surface area contributed by atoms with Crippen molar-refractivity contribution >= 4 is 11.6 Å².